The van der Waals surface area contributed by atoms with E-state index in [1.807, 2.05) is 6.08 Å². The summed E-state index contributed by atoms with van der Waals surface area (Å²) in [5.74, 6) is 0. The van der Waals surface area contributed by atoms with Crippen LogP contribution in [0.15, 0.2) is 25.3 Å². The number of hydrogen-bond acceptors (Lipinski definition) is 3. The minimum Gasteiger partial charge on any atom is -0.445 e. The minimum absolute atomic E-state index is 0.190. The van der Waals surface area contributed by atoms with Crippen LogP contribution in [0.3, 0.4) is 0 Å². The molecule has 0 aliphatic rings. The topological polar surface area (TPSA) is 121 Å². The lowest BCUT2D eigenvalue weighted by Crippen LogP contribution is -2.18. The Morgan fingerprint density at radius 2 is 1.53 bits per heavy atom. The molecule has 0 atom stereocenters. The van der Waals surface area contributed by atoms with Crippen LogP contribution in [0.5, 0.6) is 0 Å². The molecule has 0 aliphatic heterocycles. The van der Waals surface area contributed by atoms with Crippen molar-refractivity contribution in [1.29, 1.82) is 0 Å². The summed E-state index contributed by atoms with van der Waals surface area (Å²) >= 11 is 0. The lowest BCUT2D eigenvalue weighted by molar-refractivity contribution is 0.169. The van der Waals surface area contributed by atoms with Gasteiger partial charge in [-0.05, 0) is 6.42 Å². The second-order valence-corrected chi connectivity index (χ2v) is 2.02. The van der Waals surface area contributed by atoms with Crippen LogP contribution < -0.4 is 17.2 Å². The normalized spacial score (nSPS) is 6.73. The van der Waals surface area contributed by atoms with E-state index >= 15 is 0 Å². The summed E-state index contributed by atoms with van der Waals surface area (Å²) in [7, 11) is 0. The Bertz CT molecular complexity index is 189. The smallest absolute Gasteiger partial charge is 0.404 e. The Morgan fingerprint density at radius 3 is 1.60 bits per heavy atom. The molecule has 6 N–H and O–H groups in total. The van der Waals surface area contributed by atoms with Crippen molar-refractivity contribution in [1.82, 2.24) is 0 Å². The number of allylic oxidation sites excluding steroid dienone is 1. The predicted octanol–water partition coefficient (Wildman–Crippen LogP) is 0.874. The summed E-state index contributed by atoms with van der Waals surface area (Å²) in [4.78, 5) is 18.7. The van der Waals surface area contributed by atoms with Gasteiger partial charge in [-0.15, -0.1) is 6.58 Å². The van der Waals surface area contributed by atoms with Gasteiger partial charge in [-0.2, -0.15) is 0 Å². The number of hydrogen-bond donors (Lipinski definition) is 3. The predicted molar refractivity (Wildman–Crippen MR) is 60.0 cm³/mol. The van der Waals surface area contributed by atoms with Crippen LogP contribution in [0.4, 0.5) is 9.59 Å². The molecule has 0 saturated heterocycles. The number of rotatable bonds is 3. The van der Waals surface area contributed by atoms with E-state index < -0.39 is 12.1 Å². The molecule has 0 radical (unpaired) electrons. The second kappa shape index (κ2) is 17.9. The van der Waals surface area contributed by atoms with E-state index in [1.165, 1.54) is 6.08 Å². The summed E-state index contributed by atoms with van der Waals surface area (Å²) < 4.78 is 4.21. The van der Waals surface area contributed by atoms with Crippen LogP contribution in [-0.4, -0.2) is 18.7 Å². The highest BCUT2D eigenvalue weighted by Gasteiger charge is 1.84. The van der Waals surface area contributed by atoms with Gasteiger partial charge in [0, 0.05) is 0 Å². The number of amides is 3. The van der Waals surface area contributed by atoms with Crippen molar-refractivity contribution in [3.8, 4) is 0 Å². The van der Waals surface area contributed by atoms with E-state index in [2.05, 4.69) is 42.0 Å². The van der Waals surface area contributed by atoms with Gasteiger partial charge in [0.05, 0.1) is 0 Å². The highest BCUT2D eigenvalue weighted by atomic mass is 16.5. The van der Waals surface area contributed by atoms with Gasteiger partial charge in [0.2, 0.25) is 0 Å². The molecule has 88 valence electrons. The Labute approximate surface area is 89.7 Å². The lowest BCUT2D eigenvalue weighted by Gasteiger charge is -1.90. The first-order valence-corrected chi connectivity index (χ1v) is 4.11. The molecule has 0 heterocycles. The third-order valence-corrected chi connectivity index (χ3v) is 0.632. The molecule has 0 aliphatic carbocycles. The Balaban J connectivity index is -0.000000155. The van der Waals surface area contributed by atoms with E-state index in [1.54, 1.807) is 0 Å². The zero-order valence-corrected chi connectivity index (χ0v) is 8.94. The van der Waals surface area contributed by atoms with Crippen molar-refractivity contribution in [2.45, 2.75) is 13.3 Å². The van der Waals surface area contributed by atoms with Gasteiger partial charge >= 0.3 is 12.1 Å². The number of nitrogens with two attached hydrogens (primary N) is 3. The van der Waals surface area contributed by atoms with Gasteiger partial charge in [-0.25, -0.2) is 9.59 Å². The van der Waals surface area contributed by atoms with Gasteiger partial charge in [0.25, 0.3) is 0 Å². The van der Waals surface area contributed by atoms with Crippen LogP contribution in [0.1, 0.15) is 13.3 Å². The van der Waals surface area contributed by atoms with Gasteiger partial charge in [-0.1, -0.05) is 25.7 Å². The maximum absolute atomic E-state index is 9.71. The number of carbonyl (C=O) groups excluding carboxylic acids is 2. The summed E-state index contributed by atoms with van der Waals surface area (Å²) in [5, 5.41) is 0. The zero-order chi connectivity index (χ0) is 12.7. The molecule has 0 bridgehead atoms. The Kier molecular flexibility index (Phi) is 22.4. The summed E-state index contributed by atoms with van der Waals surface area (Å²) in [6, 6.07) is -0.833. The molecule has 0 saturated carbocycles. The van der Waals surface area contributed by atoms with Crippen LogP contribution in [0.2, 0.25) is 0 Å². The molecule has 0 aromatic rings. The molecule has 3 amide bonds. The summed E-state index contributed by atoms with van der Waals surface area (Å²) in [5.41, 5.74) is 13.1. The van der Waals surface area contributed by atoms with E-state index in [9.17, 15) is 4.79 Å². The van der Waals surface area contributed by atoms with E-state index in [-0.39, 0.29) is 6.61 Å². The number of carbonyl (C=O) groups is 2. The van der Waals surface area contributed by atoms with E-state index in [0.29, 0.717) is 0 Å². The third kappa shape index (κ3) is 132. The molecule has 0 aromatic heterocycles. The van der Waals surface area contributed by atoms with Crippen LogP contribution in [0, 0.1) is 0 Å². The van der Waals surface area contributed by atoms with Gasteiger partial charge in [0.15, 0.2) is 0 Å². The third-order valence-electron chi connectivity index (χ3n) is 0.632. The summed E-state index contributed by atoms with van der Waals surface area (Å²) in [6.07, 6.45) is 3.64. The van der Waals surface area contributed by atoms with E-state index in [0.717, 1.165) is 6.42 Å². The zero-order valence-electron chi connectivity index (χ0n) is 8.94. The number of ether oxygens (including phenoxy) is 1. The van der Waals surface area contributed by atoms with Crippen LogP contribution in [0.25, 0.3) is 0 Å². The monoisotopic (exact) mass is 217 g/mol. The minimum atomic E-state index is -0.833. The first-order valence-electron chi connectivity index (χ1n) is 4.11. The highest BCUT2D eigenvalue weighted by Crippen LogP contribution is 1.70. The number of urea groups is 1. The average molecular weight is 217 g/mol. The molecule has 6 nitrogen and oxygen atoms in total. The maximum atomic E-state index is 9.71. The summed E-state index contributed by atoms with van der Waals surface area (Å²) in [6.45, 7) is 9.03. The second-order valence-electron chi connectivity index (χ2n) is 2.02. The van der Waals surface area contributed by atoms with Crippen LogP contribution >= 0.6 is 0 Å². The standard InChI is InChI=1S/C4H7NO2.C4H8.CH4N2O/c1-2-3-7-4(5)6;1-3-4-2;2-1(3)4/h2H,1,3H2,(H2,5,6);3H,1,4H2,2H3;(H4,2,3,4). The molecule has 0 spiro atoms. The fraction of sp³-hybridized carbons (Fsp3) is 0.333. The first kappa shape index (κ1) is 18.7. The van der Waals surface area contributed by atoms with Crippen LogP contribution in [-0.2, 0) is 4.74 Å². The van der Waals surface area contributed by atoms with Crippen molar-refractivity contribution in [3.05, 3.63) is 25.3 Å². The van der Waals surface area contributed by atoms with Crippen molar-refractivity contribution in [2.24, 2.45) is 17.2 Å². The molecule has 6 heteroatoms. The van der Waals surface area contributed by atoms with E-state index in [4.69, 9.17) is 4.79 Å². The fourth-order valence-corrected chi connectivity index (χ4v) is 0.141. The average Bonchev–Trinajstić information content (AvgIpc) is 2.14. The molecule has 0 rings (SSSR count). The van der Waals surface area contributed by atoms with Crippen molar-refractivity contribution in [3.63, 3.8) is 0 Å². The molecule has 0 fully saturated rings. The molecular weight excluding hydrogens is 198 g/mol. The number of primary amides is 3. The van der Waals surface area contributed by atoms with Crippen molar-refractivity contribution >= 4 is 12.1 Å². The Hall–Kier alpha value is -1.98. The maximum Gasteiger partial charge on any atom is 0.404 e. The highest BCUT2D eigenvalue weighted by molar-refractivity contribution is 5.69. The van der Waals surface area contributed by atoms with Crippen molar-refractivity contribution < 1.29 is 14.3 Å². The fourth-order valence-electron chi connectivity index (χ4n) is 0.141. The Morgan fingerprint density at radius 1 is 1.20 bits per heavy atom. The lowest BCUT2D eigenvalue weighted by atomic mass is 10.5. The van der Waals surface area contributed by atoms with Gasteiger partial charge < -0.3 is 21.9 Å². The molecule has 0 unspecified atom stereocenters. The molecular formula is C9H19N3O3. The molecule has 0 aromatic carbocycles. The molecule has 15 heavy (non-hydrogen) atoms. The van der Waals surface area contributed by atoms with Gasteiger partial charge in [0.1, 0.15) is 6.61 Å². The quantitative estimate of drug-likeness (QED) is 0.608. The first-order chi connectivity index (χ1) is 6.92. The van der Waals surface area contributed by atoms with Gasteiger partial charge in [-0.3, -0.25) is 0 Å². The SMILES string of the molecule is C=CCC.C=CCOC(N)=O.NC(N)=O. The largest absolute Gasteiger partial charge is 0.445 e. The van der Waals surface area contributed by atoms with Crippen molar-refractivity contribution in [2.75, 3.05) is 6.61 Å².